The van der Waals surface area contributed by atoms with E-state index in [-0.39, 0.29) is 24.8 Å². The van der Waals surface area contributed by atoms with E-state index in [1.54, 1.807) is 6.08 Å². The fourth-order valence-electron chi connectivity index (χ4n) is 2.26. The van der Waals surface area contributed by atoms with Crippen molar-refractivity contribution in [1.82, 2.24) is 0 Å². The Labute approximate surface area is 88.5 Å². The Kier molecular flexibility index (Phi) is 4.20. The molecule has 0 aromatic heterocycles. The molecule has 15 heavy (non-hydrogen) atoms. The number of rotatable bonds is 3. The molecule has 0 saturated heterocycles. The van der Waals surface area contributed by atoms with Crippen molar-refractivity contribution < 1.29 is 13.2 Å². The molecule has 0 spiro atoms. The molecule has 88 valence electrons. The van der Waals surface area contributed by atoms with Gasteiger partial charge in [0.1, 0.15) is 0 Å². The normalized spacial score (nSPS) is 29.9. The van der Waals surface area contributed by atoms with E-state index >= 15 is 0 Å². The van der Waals surface area contributed by atoms with Crippen molar-refractivity contribution in [2.45, 2.75) is 44.3 Å². The van der Waals surface area contributed by atoms with E-state index < -0.39 is 12.1 Å². The van der Waals surface area contributed by atoms with Crippen LogP contribution in [0.3, 0.4) is 0 Å². The van der Waals surface area contributed by atoms with Crippen molar-refractivity contribution in [3.05, 3.63) is 12.7 Å². The fourth-order valence-corrected chi connectivity index (χ4v) is 2.26. The van der Waals surface area contributed by atoms with E-state index in [9.17, 15) is 13.2 Å². The fraction of sp³-hybridized carbons (Fsp3) is 0.818. The van der Waals surface area contributed by atoms with E-state index in [1.165, 1.54) is 0 Å². The molecule has 1 rings (SSSR count). The zero-order valence-corrected chi connectivity index (χ0v) is 8.76. The van der Waals surface area contributed by atoms with Gasteiger partial charge >= 0.3 is 6.18 Å². The first-order chi connectivity index (χ1) is 6.95. The summed E-state index contributed by atoms with van der Waals surface area (Å²) < 4.78 is 37.1. The van der Waals surface area contributed by atoms with Crippen LogP contribution >= 0.6 is 0 Å². The zero-order valence-electron chi connectivity index (χ0n) is 8.76. The number of halogens is 3. The molecule has 0 amide bonds. The van der Waals surface area contributed by atoms with Gasteiger partial charge in [-0.05, 0) is 38.0 Å². The third kappa shape index (κ3) is 3.52. The highest BCUT2D eigenvalue weighted by molar-refractivity contribution is 4.86. The Hall–Kier alpha value is -0.510. The van der Waals surface area contributed by atoms with Crippen LogP contribution in [0.4, 0.5) is 13.2 Å². The van der Waals surface area contributed by atoms with Gasteiger partial charge in [-0.25, -0.2) is 0 Å². The smallest absolute Gasteiger partial charge is 0.327 e. The molecule has 0 aromatic rings. The van der Waals surface area contributed by atoms with E-state index in [2.05, 4.69) is 6.58 Å². The molecule has 1 fully saturated rings. The third-order valence-electron chi connectivity index (χ3n) is 3.28. The van der Waals surface area contributed by atoms with Crippen molar-refractivity contribution in [2.75, 3.05) is 0 Å². The molecule has 2 N–H and O–H groups in total. The molecule has 0 aromatic carbocycles. The van der Waals surface area contributed by atoms with Gasteiger partial charge in [-0.15, -0.1) is 6.58 Å². The first-order valence-electron chi connectivity index (χ1n) is 5.38. The molecule has 1 aliphatic rings. The topological polar surface area (TPSA) is 26.0 Å². The molecule has 1 unspecified atom stereocenters. The standard InChI is InChI=1S/C11H18F3N/c1-2-3-10(15)8-4-6-9(7-5-8)11(12,13)14/h2,8-10H,1,3-7,15H2. The van der Waals surface area contributed by atoms with Gasteiger partial charge in [-0.1, -0.05) is 6.08 Å². The molecule has 1 atom stereocenters. The van der Waals surface area contributed by atoms with Crippen molar-refractivity contribution in [2.24, 2.45) is 17.6 Å². The van der Waals surface area contributed by atoms with Gasteiger partial charge in [-0.3, -0.25) is 0 Å². The maximum Gasteiger partial charge on any atom is 0.391 e. The Morgan fingerprint density at radius 2 is 1.80 bits per heavy atom. The van der Waals surface area contributed by atoms with Gasteiger partial charge in [0, 0.05) is 6.04 Å². The first kappa shape index (κ1) is 12.6. The molecular formula is C11H18F3N. The lowest BCUT2D eigenvalue weighted by Crippen LogP contribution is -2.35. The maximum absolute atomic E-state index is 12.4. The minimum atomic E-state index is -4.02. The van der Waals surface area contributed by atoms with Crippen LogP contribution in [0.25, 0.3) is 0 Å². The summed E-state index contributed by atoms with van der Waals surface area (Å²) in [4.78, 5) is 0. The third-order valence-corrected chi connectivity index (χ3v) is 3.28. The number of hydrogen-bond donors (Lipinski definition) is 1. The molecule has 0 aliphatic heterocycles. The van der Waals surface area contributed by atoms with Crippen molar-refractivity contribution in [3.63, 3.8) is 0 Å². The lowest BCUT2D eigenvalue weighted by Gasteiger charge is -2.32. The van der Waals surface area contributed by atoms with Crippen LogP contribution in [0.5, 0.6) is 0 Å². The second-order valence-electron chi connectivity index (χ2n) is 4.34. The Morgan fingerprint density at radius 1 is 1.27 bits per heavy atom. The van der Waals surface area contributed by atoms with Crippen LogP contribution in [0.1, 0.15) is 32.1 Å². The summed E-state index contributed by atoms with van der Waals surface area (Å²) in [6.07, 6.45) is 0.0752. The highest BCUT2D eigenvalue weighted by Crippen LogP contribution is 2.40. The molecule has 0 radical (unpaired) electrons. The van der Waals surface area contributed by atoms with Crippen LogP contribution in [-0.2, 0) is 0 Å². The second kappa shape index (κ2) is 5.01. The number of alkyl halides is 3. The van der Waals surface area contributed by atoms with Crippen molar-refractivity contribution in [1.29, 1.82) is 0 Å². The van der Waals surface area contributed by atoms with E-state index in [0.29, 0.717) is 19.3 Å². The first-order valence-corrected chi connectivity index (χ1v) is 5.38. The van der Waals surface area contributed by atoms with Crippen molar-refractivity contribution >= 4 is 0 Å². The van der Waals surface area contributed by atoms with E-state index in [4.69, 9.17) is 5.73 Å². The zero-order chi connectivity index (χ0) is 11.5. The summed E-state index contributed by atoms with van der Waals surface area (Å²) in [6, 6.07) is -0.0170. The summed E-state index contributed by atoms with van der Waals surface area (Å²) in [6.45, 7) is 3.59. The van der Waals surface area contributed by atoms with Gasteiger partial charge in [0.15, 0.2) is 0 Å². The quantitative estimate of drug-likeness (QED) is 0.727. The molecule has 0 heterocycles. The molecule has 0 bridgehead atoms. The van der Waals surface area contributed by atoms with Gasteiger partial charge in [-0.2, -0.15) is 13.2 Å². The average Bonchev–Trinajstić information content (AvgIpc) is 2.17. The van der Waals surface area contributed by atoms with Crippen LogP contribution in [0.2, 0.25) is 0 Å². The monoisotopic (exact) mass is 221 g/mol. The minimum Gasteiger partial charge on any atom is -0.327 e. The number of hydrogen-bond acceptors (Lipinski definition) is 1. The Balaban J connectivity index is 2.39. The predicted octanol–water partition coefficient (Wildman–Crippen LogP) is 3.26. The Morgan fingerprint density at radius 3 is 2.20 bits per heavy atom. The largest absolute Gasteiger partial charge is 0.391 e. The number of nitrogens with two attached hydrogens (primary N) is 1. The Bertz CT molecular complexity index is 204. The second-order valence-corrected chi connectivity index (χ2v) is 4.34. The molecule has 1 saturated carbocycles. The van der Waals surface area contributed by atoms with Gasteiger partial charge in [0.05, 0.1) is 5.92 Å². The van der Waals surface area contributed by atoms with Crippen LogP contribution in [-0.4, -0.2) is 12.2 Å². The van der Waals surface area contributed by atoms with Crippen molar-refractivity contribution in [3.8, 4) is 0 Å². The van der Waals surface area contributed by atoms with Gasteiger partial charge < -0.3 is 5.73 Å². The molecule has 1 aliphatic carbocycles. The molecule has 4 heteroatoms. The summed E-state index contributed by atoms with van der Waals surface area (Å²) in [5.41, 5.74) is 5.86. The predicted molar refractivity (Wildman–Crippen MR) is 54.3 cm³/mol. The minimum absolute atomic E-state index is 0.0170. The van der Waals surface area contributed by atoms with E-state index in [1.807, 2.05) is 0 Å². The average molecular weight is 221 g/mol. The molecule has 1 nitrogen and oxygen atoms in total. The highest BCUT2D eigenvalue weighted by Gasteiger charge is 2.41. The van der Waals surface area contributed by atoms with Crippen LogP contribution in [0.15, 0.2) is 12.7 Å². The van der Waals surface area contributed by atoms with Gasteiger partial charge in [0.2, 0.25) is 0 Å². The summed E-state index contributed by atoms with van der Waals surface area (Å²) in [5, 5.41) is 0. The summed E-state index contributed by atoms with van der Waals surface area (Å²) in [5.74, 6) is -0.869. The van der Waals surface area contributed by atoms with Gasteiger partial charge in [0.25, 0.3) is 0 Å². The lowest BCUT2D eigenvalue weighted by atomic mass is 9.78. The lowest BCUT2D eigenvalue weighted by molar-refractivity contribution is -0.184. The van der Waals surface area contributed by atoms with E-state index in [0.717, 1.165) is 0 Å². The highest BCUT2D eigenvalue weighted by atomic mass is 19.4. The van der Waals surface area contributed by atoms with Crippen LogP contribution < -0.4 is 5.73 Å². The summed E-state index contributed by atoms with van der Waals surface area (Å²) in [7, 11) is 0. The van der Waals surface area contributed by atoms with Crippen LogP contribution in [0, 0.1) is 11.8 Å². The SMILES string of the molecule is C=CCC(N)C1CCC(C(F)(F)F)CC1. The molecular weight excluding hydrogens is 203 g/mol. The summed E-state index contributed by atoms with van der Waals surface area (Å²) >= 11 is 0. The maximum atomic E-state index is 12.4.